The van der Waals surface area contributed by atoms with Gasteiger partial charge in [0.25, 0.3) is 0 Å². The molecule has 2 aromatic carbocycles. The molecule has 170 valence electrons. The van der Waals surface area contributed by atoms with Gasteiger partial charge in [-0.2, -0.15) is 5.10 Å². The molecule has 0 saturated carbocycles. The van der Waals surface area contributed by atoms with Crippen LogP contribution < -0.4 is 4.74 Å². The Morgan fingerprint density at radius 3 is 2.69 bits per heavy atom. The number of rotatable bonds is 4. The predicted molar refractivity (Wildman–Crippen MR) is 126 cm³/mol. The van der Waals surface area contributed by atoms with Crippen LogP contribution in [0.5, 0.6) is 5.75 Å². The summed E-state index contributed by atoms with van der Waals surface area (Å²) >= 11 is 0. The SMILES string of the molecule is Cc1c(OC(c2ccc3[nH]ncc3c2)C(C)C)ccc2c1CCN(C(=O)OC(C)(C)C)C2. The Bertz CT molecular complexity index is 1130. The second-order valence-electron chi connectivity index (χ2n) is 9.98. The van der Waals surface area contributed by atoms with E-state index in [0.717, 1.165) is 39.8 Å². The lowest BCUT2D eigenvalue weighted by atomic mass is 9.94. The molecule has 3 aromatic rings. The van der Waals surface area contributed by atoms with Gasteiger partial charge in [0.2, 0.25) is 0 Å². The largest absolute Gasteiger partial charge is 0.485 e. The van der Waals surface area contributed by atoms with Gasteiger partial charge < -0.3 is 14.4 Å². The summed E-state index contributed by atoms with van der Waals surface area (Å²) in [6.45, 7) is 13.4. The first-order chi connectivity index (χ1) is 15.1. The Morgan fingerprint density at radius 2 is 1.97 bits per heavy atom. The number of hydrogen-bond acceptors (Lipinski definition) is 4. The Balaban J connectivity index is 1.55. The van der Waals surface area contributed by atoms with Crippen molar-refractivity contribution >= 4 is 17.0 Å². The van der Waals surface area contributed by atoms with E-state index in [4.69, 9.17) is 9.47 Å². The third-order valence-electron chi connectivity index (χ3n) is 5.94. The standard InChI is InChI=1S/C26H33N3O3/c1-16(2)24(18-7-9-22-20(13-18)14-27-28-22)31-23-10-8-19-15-29(12-11-21(19)17(23)3)25(30)32-26(4,5)6/h7-10,13-14,16,24H,11-12,15H2,1-6H3,(H,27,28). The average Bonchev–Trinajstić information content (AvgIpc) is 3.19. The second-order valence-corrected chi connectivity index (χ2v) is 9.98. The van der Waals surface area contributed by atoms with E-state index in [1.165, 1.54) is 5.56 Å². The highest BCUT2D eigenvalue weighted by atomic mass is 16.6. The van der Waals surface area contributed by atoms with Gasteiger partial charge in [-0.15, -0.1) is 0 Å². The van der Waals surface area contributed by atoms with Crippen molar-refractivity contribution in [2.75, 3.05) is 6.54 Å². The zero-order valence-electron chi connectivity index (χ0n) is 19.9. The Hall–Kier alpha value is -3.02. The molecule has 1 aromatic heterocycles. The molecule has 2 heterocycles. The van der Waals surface area contributed by atoms with Crippen molar-refractivity contribution in [2.45, 2.75) is 66.2 Å². The molecule has 0 fully saturated rings. The maximum atomic E-state index is 12.5. The van der Waals surface area contributed by atoms with Crippen molar-refractivity contribution in [2.24, 2.45) is 5.92 Å². The fourth-order valence-corrected chi connectivity index (χ4v) is 4.29. The first kappa shape index (κ1) is 22.2. The van der Waals surface area contributed by atoms with Gasteiger partial charge in [-0.25, -0.2) is 4.79 Å². The topological polar surface area (TPSA) is 67.5 Å². The molecule has 32 heavy (non-hydrogen) atoms. The van der Waals surface area contributed by atoms with Crippen LogP contribution >= 0.6 is 0 Å². The summed E-state index contributed by atoms with van der Waals surface area (Å²) in [5.41, 5.74) is 5.26. The molecule has 1 aliphatic rings. The molecule has 1 atom stereocenters. The zero-order valence-corrected chi connectivity index (χ0v) is 19.9. The van der Waals surface area contributed by atoms with Crippen LogP contribution in [0.25, 0.3) is 10.9 Å². The normalized spacial score (nSPS) is 15.0. The number of ether oxygens (including phenoxy) is 2. The molecular formula is C26H33N3O3. The van der Waals surface area contributed by atoms with E-state index in [1.54, 1.807) is 4.90 Å². The molecule has 0 spiro atoms. The highest BCUT2D eigenvalue weighted by molar-refractivity contribution is 5.78. The molecule has 0 radical (unpaired) electrons. The molecule has 1 unspecified atom stereocenters. The van der Waals surface area contributed by atoms with Gasteiger partial charge in [-0.1, -0.05) is 26.0 Å². The van der Waals surface area contributed by atoms with Crippen LogP contribution in [-0.4, -0.2) is 33.3 Å². The fourth-order valence-electron chi connectivity index (χ4n) is 4.29. The molecule has 0 saturated heterocycles. The minimum atomic E-state index is -0.490. The Labute approximate surface area is 189 Å². The molecule has 1 amide bonds. The number of nitrogens with one attached hydrogen (secondary N) is 1. The van der Waals surface area contributed by atoms with Gasteiger partial charge in [0.05, 0.1) is 11.7 Å². The number of carbonyl (C=O) groups excluding carboxylic acids is 1. The van der Waals surface area contributed by atoms with Crippen LogP contribution in [0.4, 0.5) is 4.79 Å². The maximum Gasteiger partial charge on any atom is 0.410 e. The minimum absolute atomic E-state index is 0.0621. The molecule has 6 nitrogen and oxygen atoms in total. The van der Waals surface area contributed by atoms with Gasteiger partial charge in [-0.05, 0) is 80.5 Å². The molecule has 4 rings (SSSR count). The second kappa shape index (κ2) is 8.49. The quantitative estimate of drug-likeness (QED) is 0.551. The third kappa shape index (κ3) is 4.59. The molecule has 6 heteroatoms. The number of benzene rings is 2. The van der Waals surface area contributed by atoms with Crippen molar-refractivity contribution in [1.29, 1.82) is 0 Å². The maximum absolute atomic E-state index is 12.5. The lowest BCUT2D eigenvalue weighted by molar-refractivity contribution is 0.0223. The van der Waals surface area contributed by atoms with Crippen LogP contribution in [0.3, 0.4) is 0 Å². The van der Waals surface area contributed by atoms with E-state index in [2.05, 4.69) is 55.2 Å². The van der Waals surface area contributed by atoms with Crippen molar-refractivity contribution < 1.29 is 14.3 Å². The number of H-pyrrole nitrogens is 1. The van der Waals surface area contributed by atoms with Crippen molar-refractivity contribution in [3.05, 3.63) is 58.8 Å². The van der Waals surface area contributed by atoms with Gasteiger partial charge in [-0.3, -0.25) is 5.10 Å². The highest BCUT2D eigenvalue weighted by Gasteiger charge is 2.28. The first-order valence-electron chi connectivity index (χ1n) is 11.3. The molecular weight excluding hydrogens is 402 g/mol. The third-order valence-corrected chi connectivity index (χ3v) is 5.94. The van der Waals surface area contributed by atoms with Crippen molar-refractivity contribution in [3.63, 3.8) is 0 Å². The van der Waals surface area contributed by atoms with Gasteiger partial charge in [0.15, 0.2) is 0 Å². The Morgan fingerprint density at radius 1 is 1.19 bits per heavy atom. The predicted octanol–water partition coefficient (Wildman–Crippen LogP) is 5.94. The summed E-state index contributed by atoms with van der Waals surface area (Å²) in [5.74, 6) is 1.21. The Kier molecular flexibility index (Phi) is 5.89. The summed E-state index contributed by atoms with van der Waals surface area (Å²) in [7, 11) is 0. The van der Waals surface area contributed by atoms with Crippen LogP contribution in [-0.2, 0) is 17.7 Å². The number of aromatic nitrogens is 2. The van der Waals surface area contributed by atoms with E-state index in [0.29, 0.717) is 19.0 Å². The molecule has 0 bridgehead atoms. The number of amides is 1. The zero-order chi connectivity index (χ0) is 23.0. The lowest BCUT2D eigenvalue weighted by Crippen LogP contribution is -2.40. The number of nitrogens with zero attached hydrogens (tertiary/aromatic N) is 2. The number of aromatic amines is 1. The van der Waals surface area contributed by atoms with Gasteiger partial charge >= 0.3 is 6.09 Å². The summed E-state index contributed by atoms with van der Waals surface area (Å²) in [5, 5.41) is 8.22. The van der Waals surface area contributed by atoms with Crippen molar-refractivity contribution in [1.82, 2.24) is 15.1 Å². The summed E-state index contributed by atoms with van der Waals surface area (Å²) in [6, 6.07) is 10.4. The smallest absolute Gasteiger partial charge is 0.410 e. The summed E-state index contributed by atoms with van der Waals surface area (Å²) in [4.78, 5) is 14.3. The monoisotopic (exact) mass is 435 g/mol. The van der Waals surface area contributed by atoms with E-state index >= 15 is 0 Å². The summed E-state index contributed by atoms with van der Waals surface area (Å²) < 4.78 is 12.1. The molecule has 1 aliphatic heterocycles. The minimum Gasteiger partial charge on any atom is -0.485 e. The molecule has 1 N–H and O–H groups in total. The van der Waals surface area contributed by atoms with E-state index in [1.807, 2.05) is 33.0 Å². The number of hydrogen-bond donors (Lipinski definition) is 1. The van der Waals surface area contributed by atoms with Crippen LogP contribution in [0.15, 0.2) is 36.5 Å². The summed E-state index contributed by atoms with van der Waals surface area (Å²) in [6.07, 6.45) is 2.32. The van der Waals surface area contributed by atoms with Crippen LogP contribution in [0.1, 0.15) is 63.0 Å². The number of carbonyl (C=O) groups is 1. The fraction of sp³-hybridized carbons (Fsp3) is 0.462. The van der Waals surface area contributed by atoms with Crippen molar-refractivity contribution in [3.8, 4) is 5.75 Å². The molecule has 0 aliphatic carbocycles. The van der Waals surface area contributed by atoms with Crippen LogP contribution in [0, 0.1) is 12.8 Å². The van der Waals surface area contributed by atoms with Gasteiger partial charge in [0, 0.05) is 18.5 Å². The van der Waals surface area contributed by atoms with E-state index in [9.17, 15) is 4.79 Å². The van der Waals surface area contributed by atoms with Crippen LogP contribution in [0.2, 0.25) is 0 Å². The van der Waals surface area contributed by atoms with Gasteiger partial charge in [0.1, 0.15) is 17.5 Å². The average molecular weight is 436 g/mol. The first-order valence-corrected chi connectivity index (χ1v) is 11.3. The highest BCUT2D eigenvalue weighted by Crippen LogP contribution is 2.35. The lowest BCUT2D eigenvalue weighted by Gasteiger charge is -2.32. The van der Waals surface area contributed by atoms with E-state index < -0.39 is 5.60 Å². The van der Waals surface area contributed by atoms with E-state index in [-0.39, 0.29) is 12.2 Å². The number of fused-ring (bicyclic) bond motifs is 2.